The highest BCUT2D eigenvalue weighted by Crippen LogP contribution is 2.16. The van der Waals surface area contributed by atoms with E-state index in [1.807, 2.05) is 0 Å². The van der Waals surface area contributed by atoms with Gasteiger partial charge in [-0.3, -0.25) is 0 Å². The van der Waals surface area contributed by atoms with Crippen molar-refractivity contribution >= 4 is 0 Å². The Morgan fingerprint density at radius 2 is 2.11 bits per heavy atom. The van der Waals surface area contributed by atoms with Crippen LogP contribution in [0.25, 0.3) is 0 Å². The summed E-state index contributed by atoms with van der Waals surface area (Å²) in [5.41, 5.74) is 0.223. The van der Waals surface area contributed by atoms with Crippen molar-refractivity contribution in [1.82, 2.24) is 10.6 Å². The van der Waals surface area contributed by atoms with E-state index < -0.39 is 0 Å². The largest absolute Gasteiger partial charge is 0.381 e. The van der Waals surface area contributed by atoms with Gasteiger partial charge >= 0.3 is 0 Å². The van der Waals surface area contributed by atoms with E-state index in [0.717, 1.165) is 19.8 Å². The minimum absolute atomic E-state index is 0.223. The van der Waals surface area contributed by atoms with E-state index in [0.29, 0.717) is 12.1 Å². The van der Waals surface area contributed by atoms with Gasteiger partial charge in [0.2, 0.25) is 0 Å². The van der Waals surface area contributed by atoms with Gasteiger partial charge in [-0.1, -0.05) is 26.7 Å². The maximum Gasteiger partial charge on any atom is 0.0529 e. The van der Waals surface area contributed by atoms with Crippen LogP contribution in [0.2, 0.25) is 0 Å². The van der Waals surface area contributed by atoms with E-state index in [1.54, 1.807) is 0 Å². The van der Waals surface area contributed by atoms with Crippen molar-refractivity contribution in [2.45, 2.75) is 71.9 Å². The molecule has 114 valence electrons. The lowest BCUT2D eigenvalue weighted by Gasteiger charge is -2.28. The van der Waals surface area contributed by atoms with Gasteiger partial charge in [-0.05, 0) is 39.7 Å². The molecule has 0 aliphatic carbocycles. The second-order valence-electron chi connectivity index (χ2n) is 6.82. The normalized spacial score (nSPS) is 23.1. The average Bonchev–Trinajstić information content (AvgIpc) is 2.63. The van der Waals surface area contributed by atoms with Crippen LogP contribution in [-0.2, 0) is 4.74 Å². The molecule has 0 spiro atoms. The molecular formula is C16H34N2O. The molecule has 3 heteroatoms. The first-order chi connectivity index (χ1) is 9.03. The molecule has 2 unspecified atom stereocenters. The van der Waals surface area contributed by atoms with Gasteiger partial charge in [-0.2, -0.15) is 0 Å². The first-order valence-corrected chi connectivity index (χ1v) is 8.08. The third-order valence-corrected chi connectivity index (χ3v) is 3.93. The number of hydrogen-bond acceptors (Lipinski definition) is 3. The van der Waals surface area contributed by atoms with E-state index in [1.165, 1.54) is 38.6 Å². The molecule has 19 heavy (non-hydrogen) atoms. The van der Waals surface area contributed by atoms with Gasteiger partial charge in [-0.25, -0.2) is 0 Å². The molecule has 1 heterocycles. The van der Waals surface area contributed by atoms with Crippen LogP contribution in [0.3, 0.4) is 0 Å². The molecular weight excluding hydrogens is 236 g/mol. The molecule has 0 aromatic heterocycles. The monoisotopic (exact) mass is 270 g/mol. The summed E-state index contributed by atoms with van der Waals surface area (Å²) in [6.07, 6.45) is 6.71. The highest BCUT2D eigenvalue weighted by atomic mass is 16.5. The Bertz CT molecular complexity index is 223. The van der Waals surface area contributed by atoms with Crippen LogP contribution in [0, 0.1) is 5.41 Å². The van der Waals surface area contributed by atoms with Crippen molar-refractivity contribution in [3.8, 4) is 0 Å². The second kappa shape index (κ2) is 8.93. The lowest BCUT2D eigenvalue weighted by atomic mass is 9.94. The Kier molecular flexibility index (Phi) is 7.96. The number of ether oxygens (including phenoxy) is 1. The lowest BCUT2D eigenvalue weighted by molar-refractivity contribution is 0.0689. The molecule has 2 N–H and O–H groups in total. The van der Waals surface area contributed by atoms with Gasteiger partial charge in [0.1, 0.15) is 0 Å². The zero-order valence-corrected chi connectivity index (χ0v) is 13.4. The smallest absolute Gasteiger partial charge is 0.0529 e. The van der Waals surface area contributed by atoms with Crippen molar-refractivity contribution in [3.05, 3.63) is 0 Å². The Morgan fingerprint density at radius 3 is 2.84 bits per heavy atom. The van der Waals surface area contributed by atoms with Gasteiger partial charge in [-0.15, -0.1) is 0 Å². The molecule has 0 radical (unpaired) electrons. The Balaban J connectivity index is 2.20. The molecule has 0 aromatic carbocycles. The van der Waals surface area contributed by atoms with Crippen molar-refractivity contribution in [3.63, 3.8) is 0 Å². The van der Waals surface area contributed by atoms with Crippen LogP contribution >= 0.6 is 0 Å². The summed E-state index contributed by atoms with van der Waals surface area (Å²) >= 11 is 0. The molecule has 3 nitrogen and oxygen atoms in total. The van der Waals surface area contributed by atoms with Gasteiger partial charge < -0.3 is 15.4 Å². The summed E-state index contributed by atoms with van der Waals surface area (Å²) in [7, 11) is 0. The van der Waals surface area contributed by atoms with Gasteiger partial charge in [0, 0.05) is 30.7 Å². The van der Waals surface area contributed by atoms with E-state index in [-0.39, 0.29) is 5.41 Å². The van der Waals surface area contributed by atoms with E-state index in [2.05, 4.69) is 38.3 Å². The maximum atomic E-state index is 5.54. The van der Waals surface area contributed by atoms with Crippen LogP contribution in [0.5, 0.6) is 0 Å². The Hall–Kier alpha value is -0.120. The SMILES string of the molecule is CCOCC(C)(C)CNC(C)CC1CCCCCN1. The van der Waals surface area contributed by atoms with Crippen LogP contribution in [0.4, 0.5) is 0 Å². The first-order valence-electron chi connectivity index (χ1n) is 8.08. The van der Waals surface area contributed by atoms with E-state index >= 15 is 0 Å². The zero-order valence-electron chi connectivity index (χ0n) is 13.4. The van der Waals surface area contributed by atoms with Gasteiger partial charge in [0.15, 0.2) is 0 Å². The van der Waals surface area contributed by atoms with Crippen LogP contribution < -0.4 is 10.6 Å². The molecule has 0 aromatic rings. The lowest BCUT2D eigenvalue weighted by Crippen LogP contribution is -2.41. The van der Waals surface area contributed by atoms with Crippen LogP contribution in [0.15, 0.2) is 0 Å². The minimum Gasteiger partial charge on any atom is -0.381 e. The molecule has 1 aliphatic heterocycles. The Morgan fingerprint density at radius 1 is 1.32 bits per heavy atom. The number of rotatable bonds is 8. The third-order valence-electron chi connectivity index (χ3n) is 3.93. The summed E-state index contributed by atoms with van der Waals surface area (Å²) in [6.45, 7) is 12.8. The summed E-state index contributed by atoms with van der Waals surface area (Å²) in [6, 6.07) is 1.29. The van der Waals surface area contributed by atoms with Gasteiger partial charge in [0.25, 0.3) is 0 Å². The van der Waals surface area contributed by atoms with Crippen molar-refractivity contribution in [1.29, 1.82) is 0 Å². The summed E-state index contributed by atoms with van der Waals surface area (Å²) in [4.78, 5) is 0. The molecule has 1 aliphatic rings. The second-order valence-corrected chi connectivity index (χ2v) is 6.82. The number of hydrogen-bond donors (Lipinski definition) is 2. The minimum atomic E-state index is 0.223. The molecule has 0 amide bonds. The zero-order chi connectivity index (χ0) is 14.1. The fourth-order valence-corrected chi connectivity index (χ4v) is 2.69. The van der Waals surface area contributed by atoms with Crippen LogP contribution in [-0.4, -0.2) is 38.4 Å². The van der Waals surface area contributed by atoms with Crippen LogP contribution in [0.1, 0.15) is 59.8 Å². The first kappa shape index (κ1) is 16.9. The molecule has 0 bridgehead atoms. The highest BCUT2D eigenvalue weighted by molar-refractivity contribution is 4.78. The summed E-state index contributed by atoms with van der Waals surface area (Å²) in [5.74, 6) is 0. The van der Waals surface area contributed by atoms with Crippen molar-refractivity contribution in [2.24, 2.45) is 5.41 Å². The third kappa shape index (κ3) is 7.91. The van der Waals surface area contributed by atoms with E-state index in [9.17, 15) is 0 Å². The fraction of sp³-hybridized carbons (Fsp3) is 1.00. The summed E-state index contributed by atoms with van der Waals surface area (Å²) < 4.78 is 5.54. The van der Waals surface area contributed by atoms with Crippen molar-refractivity contribution in [2.75, 3.05) is 26.3 Å². The quantitative estimate of drug-likeness (QED) is 0.711. The Labute approximate surface area is 119 Å². The molecule has 1 rings (SSSR count). The summed E-state index contributed by atoms with van der Waals surface area (Å²) in [5, 5.41) is 7.36. The molecule has 1 saturated heterocycles. The maximum absolute atomic E-state index is 5.54. The number of nitrogens with one attached hydrogen (secondary N) is 2. The average molecular weight is 270 g/mol. The predicted molar refractivity (Wildman–Crippen MR) is 82.6 cm³/mol. The fourth-order valence-electron chi connectivity index (χ4n) is 2.69. The predicted octanol–water partition coefficient (Wildman–Crippen LogP) is 2.95. The van der Waals surface area contributed by atoms with Crippen molar-refractivity contribution < 1.29 is 4.74 Å². The van der Waals surface area contributed by atoms with Gasteiger partial charge in [0.05, 0.1) is 6.61 Å². The topological polar surface area (TPSA) is 33.3 Å². The standard InChI is InChI=1S/C16H34N2O/c1-5-19-13-16(3,4)12-18-14(2)11-15-9-7-6-8-10-17-15/h14-15,17-18H,5-13H2,1-4H3. The molecule has 0 saturated carbocycles. The van der Waals surface area contributed by atoms with E-state index in [4.69, 9.17) is 4.74 Å². The highest BCUT2D eigenvalue weighted by Gasteiger charge is 2.20. The molecule has 1 fully saturated rings. The molecule has 2 atom stereocenters.